The number of benzene rings is 1. The summed E-state index contributed by atoms with van der Waals surface area (Å²) in [5.41, 5.74) is 6.48. The first-order valence-corrected chi connectivity index (χ1v) is 4.84. The van der Waals surface area contributed by atoms with Gasteiger partial charge in [0.2, 0.25) is 0 Å². The van der Waals surface area contributed by atoms with Gasteiger partial charge in [-0.3, -0.25) is 0 Å². The predicted molar refractivity (Wildman–Crippen MR) is 56.4 cm³/mol. The second kappa shape index (κ2) is 3.59. The van der Waals surface area contributed by atoms with Gasteiger partial charge in [-0.1, -0.05) is 16.8 Å². The van der Waals surface area contributed by atoms with E-state index in [0.717, 1.165) is 16.7 Å². The maximum absolute atomic E-state index is 5.83. The maximum atomic E-state index is 5.83. The molecule has 1 aromatic heterocycles. The van der Waals surface area contributed by atoms with Crippen LogP contribution in [-0.4, -0.2) is 11.2 Å². The summed E-state index contributed by atoms with van der Waals surface area (Å²) in [7, 11) is 0. The van der Waals surface area contributed by atoms with Crippen LogP contribution in [0.25, 0.3) is 10.9 Å². The Morgan fingerprint density at radius 1 is 1.57 bits per heavy atom. The molecule has 2 aromatic rings. The van der Waals surface area contributed by atoms with E-state index < -0.39 is 0 Å². The van der Waals surface area contributed by atoms with Crippen LogP contribution in [0, 0.1) is 0 Å². The van der Waals surface area contributed by atoms with Gasteiger partial charge < -0.3 is 10.3 Å². The lowest BCUT2D eigenvalue weighted by atomic mass is 10.1. The lowest BCUT2D eigenvalue weighted by Gasteiger charge is -1.99. The van der Waals surface area contributed by atoms with E-state index in [9.17, 15) is 0 Å². The van der Waals surface area contributed by atoms with Crippen LogP contribution < -0.4 is 5.73 Å². The van der Waals surface area contributed by atoms with Crippen molar-refractivity contribution in [2.24, 2.45) is 5.73 Å². The fraction of sp³-hybridized carbons (Fsp3) is 0.300. The molecule has 74 valence electrons. The van der Waals surface area contributed by atoms with Crippen molar-refractivity contribution < 1.29 is 4.52 Å². The van der Waals surface area contributed by atoms with Crippen molar-refractivity contribution in [3.8, 4) is 0 Å². The van der Waals surface area contributed by atoms with E-state index in [-0.39, 0.29) is 6.04 Å². The third-order valence-corrected chi connectivity index (χ3v) is 2.26. The van der Waals surface area contributed by atoms with E-state index in [2.05, 4.69) is 5.16 Å². The zero-order valence-corrected chi connectivity index (χ0v) is 8.58. The summed E-state index contributed by atoms with van der Waals surface area (Å²) in [4.78, 5) is 0. The van der Waals surface area contributed by atoms with Gasteiger partial charge in [0, 0.05) is 22.9 Å². The van der Waals surface area contributed by atoms with Gasteiger partial charge in [0.15, 0.2) is 0 Å². The standard InChI is InChI=1S/C10H11ClN2O/c1-6(12)4-10-8-3-2-7(11)5-9(8)13-14-10/h2-3,5-6H,4,12H2,1H3. The molecule has 2 N–H and O–H groups in total. The summed E-state index contributed by atoms with van der Waals surface area (Å²) in [5.74, 6) is 0.826. The number of hydrogen-bond acceptors (Lipinski definition) is 3. The van der Waals surface area contributed by atoms with Crippen molar-refractivity contribution in [1.29, 1.82) is 0 Å². The zero-order valence-electron chi connectivity index (χ0n) is 7.83. The molecule has 1 atom stereocenters. The molecule has 14 heavy (non-hydrogen) atoms. The Morgan fingerprint density at radius 2 is 2.36 bits per heavy atom. The van der Waals surface area contributed by atoms with Crippen LogP contribution in [-0.2, 0) is 6.42 Å². The summed E-state index contributed by atoms with van der Waals surface area (Å²) in [6.07, 6.45) is 0.693. The van der Waals surface area contributed by atoms with Crippen LogP contribution in [0.2, 0.25) is 5.02 Å². The van der Waals surface area contributed by atoms with Crippen molar-refractivity contribution in [2.45, 2.75) is 19.4 Å². The minimum absolute atomic E-state index is 0.0711. The fourth-order valence-electron chi connectivity index (χ4n) is 1.41. The first kappa shape index (κ1) is 9.49. The van der Waals surface area contributed by atoms with Crippen LogP contribution in [0.3, 0.4) is 0 Å². The second-order valence-corrected chi connectivity index (χ2v) is 3.89. The van der Waals surface area contributed by atoms with Gasteiger partial charge in [-0.25, -0.2) is 0 Å². The molecule has 4 heteroatoms. The first-order valence-electron chi connectivity index (χ1n) is 4.46. The van der Waals surface area contributed by atoms with E-state index in [4.69, 9.17) is 21.9 Å². The van der Waals surface area contributed by atoms with E-state index >= 15 is 0 Å². The Balaban J connectivity index is 2.47. The topological polar surface area (TPSA) is 52.0 Å². The quantitative estimate of drug-likeness (QED) is 0.828. The molecular weight excluding hydrogens is 200 g/mol. The Labute approximate surface area is 86.8 Å². The molecular formula is C10H11ClN2O. The van der Waals surface area contributed by atoms with Gasteiger partial charge in [-0.15, -0.1) is 0 Å². The Bertz CT molecular complexity index is 450. The lowest BCUT2D eigenvalue weighted by molar-refractivity contribution is 0.384. The van der Waals surface area contributed by atoms with Crippen molar-refractivity contribution in [3.05, 3.63) is 29.0 Å². The highest BCUT2D eigenvalue weighted by atomic mass is 35.5. The van der Waals surface area contributed by atoms with Crippen molar-refractivity contribution in [2.75, 3.05) is 0 Å². The molecule has 0 saturated heterocycles. The molecule has 0 aliphatic heterocycles. The minimum atomic E-state index is 0.0711. The zero-order chi connectivity index (χ0) is 10.1. The molecule has 3 nitrogen and oxygen atoms in total. The summed E-state index contributed by atoms with van der Waals surface area (Å²) in [5, 5.41) is 5.57. The molecule has 0 fully saturated rings. The SMILES string of the molecule is CC(N)Cc1onc2cc(Cl)ccc12. The second-order valence-electron chi connectivity index (χ2n) is 3.45. The molecule has 2 rings (SSSR count). The molecule has 0 aliphatic carbocycles. The highest BCUT2D eigenvalue weighted by molar-refractivity contribution is 6.31. The monoisotopic (exact) mass is 210 g/mol. The Morgan fingerprint density at radius 3 is 3.07 bits per heavy atom. The molecule has 0 saturated carbocycles. The van der Waals surface area contributed by atoms with Crippen molar-refractivity contribution in [3.63, 3.8) is 0 Å². The summed E-state index contributed by atoms with van der Waals surface area (Å²) in [6.45, 7) is 1.93. The number of hydrogen-bond donors (Lipinski definition) is 1. The summed E-state index contributed by atoms with van der Waals surface area (Å²) >= 11 is 5.83. The van der Waals surface area contributed by atoms with E-state index in [1.165, 1.54) is 0 Å². The molecule has 1 aromatic carbocycles. The van der Waals surface area contributed by atoms with Gasteiger partial charge in [0.05, 0.1) is 0 Å². The fourth-order valence-corrected chi connectivity index (χ4v) is 1.58. The predicted octanol–water partition coefficient (Wildman–Crippen LogP) is 2.37. The van der Waals surface area contributed by atoms with Gasteiger partial charge in [-0.05, 0) is 25.1 Å². The summed E-state index contributed by atoms with van der Waals surface area (Å²) in [6, 6.07) is 5.59. The summed E-state index contributed by atoms with van der Waals surface area (Å²) < 4.78 is 5.19. The molecule has 0 radical (unpaired) electrons. The largest absolute Gasteiger partial charge is 0.360 e. The third-order valence-electron chi connectivity index (χ3n) is 2.02. The molecule has 0 bridgehead atoms. The van der Waals surface area contributed by atoms with Crippen molar-refractivity contribution in [1.82, 2.24) is 5.16 Å². The molecule has 1 heterocycles. The lowest BCUT2D eigenvalue weighted by Crippen LogP contribution is -2.17. The van der Waals surface area contributed by atoms with E-state index in [1.807, 2.05) is 19.1 Å². The number of fused-ring (bicyclic) bond motifs is 1. The highest BCUT2D eigenvalue weighted by Crippen LogP contribution is 2.22. The van der Waals surface area contributed by atoms with Crippen LogP contribution in [0.1, 0.15) is 12.7 Å². The third kappa shape index (κ3) is 1.74. The van der Waals surface area contributed by atoms with Gasteiger partial charge in [0.25, 0.3) is 0 Å². The number of aromatic nitrogens is 1. The average Bonchev–Trinajstić information content (AvgIpc) is 2.47. The number of halogens is 1. The Kier molecular flexibility index (Phi) is 2.44. The van der Waals surface area contributed by atoms with E-state index in [0.29, 0.717) is 11.4 Å². The number of rotatable bonds is 2. The normalized spacial score (nSPS) is 13.4. The molecule has 0 spiro atoms. The molecule has 1 unspecified atom stereocenters. The van der Waals surface area contributed by atoms with E-state index in [1.54, 1.807) is 6.07 Å². The minimum Gasteiger partial charge on any atom is -0.360 e. The average molecular weight is 211 g/mol. The molecule has 0 amide bonds. The smallest absolute Gasteiger partial charge is 0.146 e. The maximum Gasteiger partial charge on any atom is 0.146 e. The van der Waals surface area contributed by atoms with Crippen LogP contribution >= 0.6 is 11.6 Å². The van der Waals surface area contributed by atoms with Gasteiger partial charge in [-0.2, -0.15) is 0 Å². The Hall–Kier alpha value is -1.06. The van der Waals surface area contributed by atoms with Gasteiger partial charge in [0.1, 0.15) is 11.3 Å². The van der Waals surface area contributed by atoms with Gasteiger partial charge >= 0.3 is 0 Å². The van der Waals surface area contributed by atoms with Crippen LogP contribution in [0.4, 0.5) is 0 Å². The first-order chi connectivity index (χ1) is 6.66. The number of nitrogens with two attached hydrogens (primary N) is 1. The molecule has 0 aliphatic rings. The van der Waals surface area contributed by atoms with Crippen molar-refractivity contribution >= 4 is 22.5 Å². The number of nitrogens with zero attached hydrogens (tertiary/aromatic N) is 1. The van der Waals surface area contributed by atoms with Crippen LogP contribution in [0.15, 0.2) is 22.7 Å². The van der Waals surface area contributed by atoms with Crippen LogP contribution in [0.5, 0.6) is 0 Å². The highest BCUT2D eigenvalue weighted by Gasteiger charge is 2.09.